The second kappa shape index (κ2) is 9.02. The van der Waals surface area contributed by atoms with Crippen LogP contribution in [0.2, 0.25) is 0 Å². The summed E-state index contributed by atoms with van der Waals surface area (Å²) >= 11 is 0. The highest BCUT2D eigenvalue weighted by Crippen LogP contribution is 2.28. The molecule has 0 unspecified atom stereocenters. The number of halogens is 3. The van der Waals surface area contributed by atoms with Crippen LogP contribution in [-0.2, 0) is 21.1 Å². The number of hydrogen-bond acceptors (Lipinski definition) is 10. The van der Waals surface area contributed by atoms with E-state index in [1.807, 2.05) is 5.32 Å². The normalized spacial score (nSPS) is 11.5. The van der Waals surface area contributed by atoms with Gasteiger partial charge in [0, 0.05) is 0 Å². The topological polar surface area (TPSA) is 164 Å². The van der Waals surface area contributed by atoms with Crippen LogP contribution in [0.15, 0.2) is 17.3 Å². The van der Waals surface area contributed by atoms with Gasteiger partial charge >= 0.3 is 18.3 Å². The smallest absolute Gasteiger partial charge is 0.481 e. The number of carbonyl (C=O) groups excluding carboxylic acids is 2. The molecular weight excluding hydrogens is 453 g/mol. The molecule has 31 heavy (non-hydrogen) atoms. The van der Waals surface area contributed by atoms with Crippen molar-refractivity contribution in [3.05, 3.63) is 17.8 Å². The summed E-state index contributed by atoms with van der Waals surface area (Å²) in [6.07, 6.45) is -4.97. The number of hydrogen-bond donors (Lipinski definition) is 2. The zero-order valence-electron chi connectivity index (χ0n) is 16.1. The van der Waals surface area contributed by atoms with Gasteiger partial charge in [0.25, 0.3) is 10.0 Å². The molecule has 2 N–H and O–H groups in total. The minimum absolute atomic E-state index is 0.0650. The minimum atomic E-state index is -5.32. The molecule has 0 aliphatic carbocycles. The minimum Gasteiger partial charge on any atom is -0.481 e. The Bertz CT molecular complexity index is 1060. The van der Waals surface area contributed by atoms with Crippen LogP contribution in [0, 0.1) is 0 Å². The summed E-state index contributed by atoms with van der Waals surface area (Å²) in [5.74, 6) is -2.01. The van der Waals surface area contributed by atoms with Gasteiger partial charge in [-0.2, -0.15) is 28.2 Å². The molecule has 0 aromatic carbocycles. The number of esters is 1. The number of nitrogens with one attached hydrogen (secondary N) is 2. The van der Waals surface area contributed by atoms with Crippen LogP contribution in [0.1, 0.15) is 17.3 Å². The molecule has 0 fully saturated rings. The number of methoxy groups -OCH3 is 2. The van der Waals surface area contributed by atoms with Crippen molar-refractivity contribution < 1.29 is 45.4 Å². The second-order valence-corrected chi connectivity index (χ2v) is 6.90. The molecule has 0 atom stereocenters. The third-order valence-electron chi connectivity index (χ3n) is 3.26. The molecule has 2 rings (SSSR count). The molecule has 2 aromatic rings. The van der Waals surface area contributed by atoms with E-state index in [-0.39, 0.29) is 18.4 Å². The van der Waals surface area contributed by atoms with Gasteiger partial charge in [0.2, 0.25) is 17.7 Å². The van der Waals surface area contributed by atoms with Crippen LogP contribution in [0.5, 0.6) is 11.8 Å². The number of nitrogens with zero attached hydrogens (tertiary/aromatic N) is 4. The SMILES string of the molecule is CCOC(=O)c1cnn(C(F)(F)F)c1S(=O)(=O)NC(=O)Nc1nc(OC)cc(OC)n1. The lowest BCUT2D eigenvalue weighted by molar-refractivity contribution is -0.218. The zero-order valence-corrected chi connectivity index (χ0v) is 16.9. The lowest BCUT2D eigenvalue weighted by atomic mass is 10.4. The molecule has 0 aliphatic rings. The maximum Gasteiger partial charge on any atom is 0.505 e. The van der Waals surface area contributed by atoms with Gasteiger partial charge < -0.3 is 14.2 Å². The summed E-state index contributed by atoms with van der Waals surface area (Å²) in [5, 5.41) is 3.14. The molecule has 0 spiro atoms. The summed E-state index contributed by atoms with van der Waals surface area (Å²) in [6.45, 7) is 1.10. The second-order valence-electron chi connectivity index (χ2n) is 5.30. The average molecular weight is 468 g/mol. The van der Waals surface area contributed by atoms with E-state index in [4.69, 9.17) is 9.47 Å². The van der Waals surface area contributed by atoms with E-state index in [1.54, 1.807) is 0 Å². The van der Waals surface area contributed by atoms with E-state index < -0.39 is 49.5 Å². The Morgan fingerprint density at radius 2 is 1.74 bits per heavy atom. The Labute approximate surface area is 172 Å². The van der Waals surface area contributed by atoms with E-state index in [0.29, 0.717) is 6.20 Å². The van der Waals surface area contributed by atoms with Crippen LogP contribution in [0.25, 0.3) is 0 Å². The summed E-state index contributed by atoms with van der Waals surface area (Å²) in [4.78, 5) is 31.4. The lowest BCUT2D eigenvalue weighted by Crippen LogP contribution is -2.38. The van der Waals surface area contributed by atoms with Gasteiger partial charge in [0.15, 0.2) is 5.03 Å². The number of ether oxygens (including phenoxy) is 3. The van der Waals surface area contributed by atoms with Gasteiger partial charge in [-0.25, -0.2) is 14.3 Å². The predicted octanol–water partition coefficient (Wildman–Crippen LogP) is 0.854. The van der Waals surface area contributed by atoms with Crippen molar-refractivity contribution in [2.24, 2.45) is 0 Å². The molecule has 2 aromatic heterocycles. The van der Waals surface area contributed by atoms with Gasteiger partial charge in [-0.3, -0.25) is 5.32 Å². The summed E-state index contributed by atoms with van der Waals surface area (Å²) < 4.78 is 79.3. The van der Waals surface area contributed by atoms with Crippen LogP contribution in [0.3, 0.4) is 0 Å². The number of alkyl halides is 3. The monoisotopic (exact) mass is 468 g/mol. The number of aromatic nitrogens is 4. The number of anilines is 1. The van der Waals surface area contributed by atoms with E-state index in [2.05, 4.69) is 19.8 Å². The molecule has 0 bridgehead atoms. The predicted molar refractivity (Wildman–Crippen MR) is 94.0 cm³/mol. The van der Waals surface area contributed by atoms with Crippen molar-refractivity contribution >= 4 is 28.0 Å². The largest absolute Gasteiger partial charge is 0.505 e. The van der Waals surface area contributed by atoms with E-state index >= 15 is 0 Å². The maximum absolute atomic E-state index is 13.2. The van der Waals surface area contributed by atoms with Crippen LogP contribution >= 0.6 is 0 Å². The molecule has 2 amide bonds. The van der Waals surface area contributed by atoms with Crippen molar-refractivity contribution in [2.75, 3.05) is 26.1 Å². The number of urea groups is 1. The fourth-order valence-electron chi connectivity index (χ4n) is 2.09. The molecule has 0 saturated heterocycles. The van der Waals surface area contributed by atoms with Gasteiger partial charge in [0.1, 0.15) is 5.56 Å². The molecule has 0 aliphatic heterocycles. The fraction of sp³-hybridized carbons (Fsp3) is 0.357. The number of carbonyl (C=O) groups is 2. The van der Waals surface area contributed by atoms with E-state index in [1.165, 1.54) is 31.9 Å². The Hall–Kier alpha value is -3.63. The van der Waals surface area contributed by atoms with Gasteiger partial charge in [-0.15, -0.1) is 13.2 Å². The van der Waals surface area contributed by atoms with Crippen molar-refractivity contribution in [2.45, 2.75) is 18.2 Å². The third-order valence-corrected chi connectivity index (χ3v) is 4.62. The zero-order chi connectivity index (χ0) is 23.4. The molecule has 2 heterocycles. The molecule has 0 radical (unpaired) electrons. The van der Waals surface area contributed by atoms with Crippen LogP contribution in [-0.4, -0.2) is 61.0 Å². The van der Waals surface area contributed by atoms with Crippen LogP contribution < -0.4 is 19.5 Å². The first-order valence-corrected chi connectivity index (χ1v) is 9.54. The highest BCUT2D eigenvalue weighted by atomic mass is 32.2. The number of amides is 2. The van der Waals surface area contributed by atoms with Crippen molar-refractivity contribution in [3.8, 4) is 11.8 Å². The van der Waals surface area contributed by atoms with Gasteiger partial charge in [-0.1, -0.05) is 0 Å². The van der Waals surface area contributed by atoms with Crippen molar-refractivity contribution in [1.82, 2.24) is 24.5 Å². The first-order chi connectivity index (χ1) is 14.4. The summed E-state index contributed by atoms with van der Waals surface area (Å²) in [6, 6.07) is -0.298. The Balaban J connectivity index is 2.39. The number of rotatable bonds is 7. The first kappa shape index (κ1) is 23.6. The summed E-state index contributed by atoms with van der Waals surface area (Å²) in [5.41, 5.74) is -1.03. The Kier molecular flexibility index (Phi) is 6.88. The molecular formula is C14H15F3N6O7S. The van der Waals surface area contributed by atoms with Gasteiger partial charge in [-0.05, 0) is 6.92 Å². The first-order valence-electron chi connectivity index (χ1n) is 8.06. The lowest BCUT2D eigenvalue weighted by Gasteiger charge is -2.13. The van der Waals surface area contributed by atoms with Crippen LogP contribution in [0.4, 0.5) is 23.9 Å². The molecule has 13 nitrogen and oxygen atoms in total. The fourth-order valence-corrected chi connectivity index (χ4v) is 3.29. The third kappa shape index (κ3) is 5.50. The summed E-state index contributed by atoms with van der Waals surface area (Å²) in [7, 11) is -2.79. The average Bonchev–Trinajstić information content (AvgIpc) is 3.14. The molecule has 0 saturated carbocycles. The number of sulfonamides is 1. The Morgan fingerprint density at radius 1 is 1.16 bits per heavy atom. The standard InChI is InChI=1S/C14H15F3N6O7S/c1-4-30-11(24)7-6-18-23(14(15,16)17)10(7)31(26,27)22-13(25)21-12-19-8(28-2)5-9(20-12)29-3/h5-6H,4H2,1-3H3,(H2,19,20,21,22,25). The highest BCUT2D eigenvalue weighted by Gasteiger charge is 2.42. The Morgan fingerprint density at radius 3 is 2.23 bits per heavy atom. The van der Waals surface area contributed by atoms with Crippen molar-refractivity contribution in [3.63, 3.8) is 0 Å². The van der Waals surface area contributed by atoms with Gasteiger partial charge in [0.05, 0.1) is 33.1 Å². The molecule has 170 valence electrons. The quantitative estimate of drug-likeness (QED) is 0.557. The van der Waals surface area contributed by atoms with E-state index in [9.17, 15) is 31.2 Å². The highest BCUT2D eigenvalue weighted by molar-refractivity contribution is 7.90. The maximum atomic E-state index is 13.2. The van der Waals surface area contributed by atoms with Crippen molar-refractivity contribution in [1.29, 1.82) is 0 Å². The molecule has 17 heteroatoms. The van der Waals surface area contributed by atoms with E-state index in [0.717, 1.165) is 0 Å².